The van der Waals surface area contributed by atoms with Crippen LogP contribution in [-0.2, 0) is 6.54 Å². The number of benzene rings is 2. The van der Waals surface area contributed by atoms with Crippen LogP contribution in [0.15, 0.2) is 66.9 Å². The van der Waals surface area contributed by atoms with Gasteiger partial charge >= 0.3 is 5.69 Å². The number of amides is 1. The van der Waals surface area contributed by atoms with Crippen LogP contribution in [-0.4, -0.2) is 20.7 Å². The van der Waals surface area contributed by atoms with Crippen LogP contribution in [0.25, 0.3) is 0 Å². The third kappa shape index (κ3) is 3.16. The molecule has 1 aromatic heterocycles. The number of nitrogens with zero attached hydrogens (tertiary/aromatic N) is 3. The van der Waals surface area contributed by atoms with Crippen LogP contribution in [0.3, 0.4) is 0 Å². The van der Waals surface area contributed by atoms with E-state index in [1.165, 1.54) is 6.07 Å². The van der Waals surface area contributed by atoms with Crippen LogP contribution in [0.5, 0.6) is 0 Å². The molecule has 0 saturated carbocycles. The SMILES string of the molecule is O=C1c2cccnc2[C@@H](Nc2ccc(F)c([N+](=O)[O-])c2)N1Cc1ccccc1. The summed E-state index contributed by atoms with van der Waals surface area (Å²) in [5, 5.41) is 14.1. The van der Waals surface area contributed by atoms with E-state index in [4.69, 9.17) is 0 Å². The van der Waals surface area contributed by atoms with E-state index < -0.39 is 22.6 Å². The highest BCUT2D eigenvalue weighted by atomic mass is 19.1. The molecule has 2 aromatic carbocycles. The van der Waals surface area contributed by atoms with Gasteiger partial charge in [0.2, 0.25) is 5.82 Å². The number of fused-ring (bicyclic) bond motifs is 1. The van der Waals surface area contributed by atoms with Gasteiger partial charge in [-0.1, -0.05) is 30.3 Å². The zero-order valence-corrected chi connectivity index (χ0v) is 14.6. The topological polar surface area (TPSA) is 88.4 Å². The van der Waals surface area contributed by atoms with Gasteiger partial charge in [0.05, 0.1) is 16.2 Å². The molecule has 1 amide bonds. The number of nitro groups is 1. The summed E-state index contributed by atoms with van der Waals surface area (Å²) >= 11 is 0. The zero-order chi connectivity index (χ0) is 19.7. The van der Waals surface area contributed by atoms with E-state index in [1.54, 1.807) is 23.2 Å². The maximum atomic E-state index is 13.7. The second-order valence-electron chi connectivity index (χ2n) is 6.33. The van der Waals surface area contributed by atoms with Crippen LogP contribution < -0.4 is 5.32 Å². The molecule has 1 aliphatic heterocycles. The zero-order valence-electron chi connectivity index (χ0n) is 14.6. The molecule has 7 nitrogen and oxygen atoms in total. The molecule has 1 atom stereocenters. The predicted octanol–water partition coefficient (Wildman–Crippen LogP) is 3.90. The highest BCUT2D eigenvalue weighted by Gasteiger charge is 2.38. The molecule has 1 N–H and O–H groups in total. The standard InChI is InChI=1S/C20H15FN4O3/c21-16-9-8-14(11-17(16)25(27)28)23-19-18-15(7-4-10-22-18)20(26)24(19)12-13-5-2-1-3-6-13/h1-11,19,23H,12H2/t19-/m0/s1. The number of nitrogens with one attached hydrogen (secondary N) is 1. The molecular weight excluding hydrogens is 363 g/mol. The third-order valence-corrected chi connectivity index (χ3v) is 4.54. The van der Waals surface area contributed by atoms with Crippen LogP contribution in [0, 0.1) is 15.9 Å². The maximum Gasteiger partial charge on any atom is 0.306 e. The van der Waals surface area contributed by atoms with Gasteiger partial charge in [-0.05, 0) is 29.8 Å². The molecule has 2 heterocycles. The molecule has 0 aliphatic carbocycles. The Balaban J connectivity index is 1.70. The van der Waals surface area contributed by atoms with Crippen molar-refractivity contribution < 1.29 is 14.1 Å². The van der Waals surface area contributed by atoms with Crippen molar-refractivity contribution in [1.82, 2.24) is 9.88 Å². The predicted molar refractivity (Wildman–Crippen MR) is 100.0 cm³/mol. The average molecular weight is 378 g/mol. The van der Waals surface area contributed by atoms with Crippen molar-refractivity contribution in [3.63, 3.8) is 0 Å². The Morgan fingerprint density at radius 1 is 1.14 bits per heavy atom. The number of carbonyl (C=O) groups excluding carboxylic acids is 1. The van der Waals surface area contributed by atoms with Gasteiger partial charge in [0, 0.05) is 24.5 Å². The van der Waals surface area contributed by atoms with Gasteiger partial charge in [0.1, 0.15) is 6.17 Å². The number of hydrogen-bond acceptors (Lipinski definition) is 5. The fraction of sp³-hybridized carbons (Fsp3) is 0.100. The van der Waals surface area contributed by atoms with E-state index in [2.05, 4.69) is 10.3 Å². The van der Waals surface area contributed by atoms with Crippen LogP contribution in [0.1, 0.15) is 27.8 Å². The molecule has 0 spiro atoms. The first-order valence-corrected chi connectivity index (χ1v) is 8.55. The van der Waals surface area contributed by atoms with E-state index >= 15 is 0 Å². The lowest BCUT2D eigenvalue weighted by molar-refractivity contribution is -0.387. The number of halogens is 1. The molecule has 0 radical (unpaired) electrons. The summed E-state index contributed by atoms with van der Waals surface area (Å²) in [5.41, 5.74) is 1.61. The normalized spacial score (nSPS) is 15.4. The van der Waals surface area contributed by atoms with Gasteiger partial charge in [-0.25, -0.2) is 0 Å². The Labute approximate surface area is 159 Å². The van der Waals surface area contributed by atoms with Gasteiger partial charge in [-0.15, -0.1) is 0 Å². The highest BCUT2D eigenvalue weighted by Crippen LogP contribution is 2.35. The first kappa shape index (κ1) is 17.6. The minimum Gasteiger partial charge on any atom is -0.360 e. The van der Waals surface area contributed by atoms with E-state index in [0.717, 1.165) is 17.7 Å². The summed E-state index contributed by atoms with van der Waals surface area (Å²) in [4.78, 5) is 29.1. The molecule has 140 valence electrons. The molecule has 0 saturated heterocycles. The lowest BCUT2D eigenvalue weighted by atomic mass is 10.2. The molecule has 1 aliphatic rings. The van der Waals surface area contributed by atoms with Gasteiger partial charge in [0.25, 0.3) is 5.91 Å². The van der Waals surface area contributed by atoms with Crippen LogP contribution in [0.4, 0.5) is 15.8 Å². The van der Waals surface area contributed by atoms with E-state index in [9.17, 15) is 19.3 Å². The summed E-state index contributed by atoms with van der Waals surface area (Å²) in [6, 6.07) is 16.4. The number of aromatic nitrogens is 1. The van der Waals surface area contributed by atoms with Crippen molar-refractivity contribution in [2.75, 3.05) is 5.32 Å². The second-order valence-corrected chi connectivity index (χ2v) is 6.33. The number of pyridine rings is 1. The number of carbonyl (C=O) groups is 1. The van der Waals surface area contributed by atoms with Crippen LogP contribution in [0.2, 0.25) is 0 Å². The Bertz CT molecular complexity index is 1060. The fourth-order valence-electron chi connectivity index (χ4n) is 3.23. The summed E-state index contributed by atoms with van der Waals surface area (Å²) in [6.07, 6.45) is 0.953. The Morgan fingerprint density at radius 2 is 1.93 bits per heavy atom. The van der Waals surface area contributed by atoms with E-state index in [-0.39, 0.29) is 5.91 Å². The molecule has 4 rings (SSSR count). The summed E-state index contributed by atoms with van der Waals surface area (Å²) in [6.45, 7) is 0.330. The lowest BCUT2D eigenvalue weighted by Crippen LogP contribution is -2.32. The quantitative estimate of drug-likeness (QED) is 0.537. The third-order valence-electron chi connectivity index (χ3n) is 4.54. The number of anilines is 1. The summed E-state index contributed by atoms with van der Waals surface area (Å²) in [5.74, 6) is -1.11. The first-order chi connectivity index (χ1) is 13.5. The Morgan fingerprint density at radius 3 is 2.68 bits per heavy atom. The molecule has 28 heavy (non-hydrogen) atoms. The van der Waals surface area contributed by atoms with E-state index in [0.29, 0.717) is 23.5 Å². The van der Waals surface area contributed by atoms with Crippen molar-refractivity contribution >= 4 is 17.3 Å². The molecule has 3 aromatic rings. The molecule has 8 heteroatoms. The van der Waals surface area contributed by atoms with Gasteiger partial charge < -0.3 is 10.2 Å². The number of rotatable bonds is 5. The monoisotopic (exact) mass is 378 g/mol. The lowest BCUT2D eigenvalue weighted by Gasteiger charge is -2.26. The number of hydrogen-bond donors (Lipinski definition) is 1. The summed E-state index contributed by atoms with van der Waals surface area (Å²) < 4.78 is 13.7. The smallest absolute Gasteiger partial charge is 0.306 e. The van der Waals surface area contributed by atoms with Crippen molar-refractivity contribution in [2.24, 2.45) is 0 Å². The minimum atomic E-state index is -0.919. The highest BCUT2D eigenvalue weighted by molar-refractivity contribution is 5.98. The molecular formula is C20H15FN4O3. The van der Waals surface area contributed by atoms with Crippen LogP contribution >= 0.6 is 0 Å². The first-order valence-electron chi connectivity index (χ1n) is 8.55. The Kier molecular flexibility index (Phi) is 4.44. The summed E-state index contributed by atoms with van der Waals surface area (Å²) in [7, 11) is 0. The fourth-order valence-corrected chi connectivity index (χ4v) is 3.23. The van der Waals surface area contributed by atoms with Crippen molar-refractivity contribution in [3.8, 4) is 0 Å². The van der Waals surface area contributed by atoms with Crippen molar-refractivity contribution in [2.45, 2.75) is 12.7 Å². The second kappa shape index (κ2) is 7.07. The molecule has 0 unspecified atom stereocenters. The van der Waals surface area contributed by atoms with Crippen molar-refractivity contribution in [3.05, 3.63) is 99.6 Å². The number of nitro benzene ring substituents is 1. The van der Waals surface area contributed by atoms with Crippen molar-refractivity contribution in [1.29, 1.82) is 0 Å². The van der Waals surface area contributed by atoms with E-state index in [1.807, 2.05) is 30.3 Å². The Hall–Kier alpha value is -3.81. The average Bonchev–Trinajstić information content (AvgIpc) is 2.96. The minimum absolute atomic E-state index is 0.193. The van der Waals surface area contributed by atoms with Gasteiger partial charge in [0.15, 0.2) is 0 Å². The maximum absolute atomic E-state index is 13.7. The molecule has 0 bridgehead atoms. The van der Waals surface area contributed by atoms with Gasteiger partial charge in [-0.2, -0.15) is 4.39 Å². The molecule has 0 fully saturated rings. The van der Waals surface area contributed by atoms with Gasteiger partial charge in [-0.3, -0.25) is 19.9 Å². The largest absolute Gasteiger partial charge is 0.360 e.